The Labute approximate surface area is 359 Å². The molecule has 0 atom stereocenters. The van der Waals surface area contributed by atoms with Crippen molar-refractivity contribution in [3.8, 4) is 73.2 Å². The molecule has 4 heteroatoms. The predicted octanol–water partition coefficient (Wildman–Crippen LogP) is 14.0. The molecule has 0 N–H and O–H groups in total. The summed E-state index contributed by atoms with van der Waals surface area (Å²) in [5.41, 5.74) is 18.8. The Kier molecular flexibility index (Phi) is 7.49. The highest BCUT2D eigenvalue weighted by molar-refractivity contribution is 6.11. The quantitative estimate of drug-likeness (QED) is 0.174. The summed E-state index contributed by atoms with van der Waals surface area (Å²) in [5.74, 6) is 1.92. The summed E-state index contributed by atoms with van der Waals surface area (Å²) >= 11 is 0. The van der Waals surface area contributed by atoms with Crippen molar-refractivity contribution in [1.29, 1.82) is 0 Å². The van der Waals surface area contributed by atoms with Crippen molar-refractivity contribution in [2.75, 3.05) is 0 Å². The van der Waals surface area contributed by atoms with E-state index in [1.54, 1.807) is 0 Å². The van der Waals surface area contributed by atoms with Crippen LogP contribution in [0.3, 0.4) is 0 Å². The number of aromatic nitrogens is 4. The fourth-order valence-electron chi connectivity index (χ4n) is 10.5. The normalized spacial score (nSPS) is 13.0. The lowest BCUT2D eigenvalue weighted by Gasteiger charge is -2.32. The van der Waals surface area contributed by atoms with Gasteiger partial charge in [-0.3, -0.25) is 0 Å². The lowest BCUT2D eigenvalue weighted by atomic mass is 9.68. The van der Waals surface area contributed by atoms with Crippen molar-refractivity contribution in [3.63, 3.8) is 0 Å². The van der Waals surface area contributed by atoms with E-state index in [1.807, 2.05) is 60.7 Å². The lowest BCUT2D eigenvalue weighted by Crippen LogP contribution is -2.26. The molecular formula is C58H36N4. The topological polar surface area (TPSA) is 43.6 Å². The molecule has 9 aromatic carbocycles. The van der Waals surface area contributed by atoms with Gasteiger partial charge in [-0.05, 0) is 86.0 Å². The molecular weight excluding hydrogens is 753 g/mol. The highest BCUT2D eigenvalue weighted by atomic mass is 15.0. The number of nitrogens with zero attached hydrogens (tertiary/aromatic N) is 4. The largest absolute Gasteiger partial charge is 0.309 e. The van der Waals surface area contributed by atoms with Gasteiger partial charge in [0.1, 0.15) is 0 Å². The number of benzene rings is 9. The Bertz CT molecular complexity index is 3460. The van der Waals surface area contributed by atoms with Crippen LogP contribution in [-0.4, -0.2) is 19.5 Å². The van der Waals surface area contributed by atoms with Gasteiger partial charge in [0, 0.05) is 33.2 Å². The van der Waals surface area contributed by atoms with E-state index in [1.165, 1.54) is 66.4 Å². The molecule has 11 aromatic rings. The first kappa shape index (κ1) is 34.6. The van der Waals surface area contributed by atoms with E-state index >= 15 is 0 Å². The summed E-state index contributed by atoms with van der Waals surface area (Å²) in [6, 6.07) is 78.7. The van der Waals surface area contributed by atoms with Gasteiger partial charge in [0.05, 0.1) is 16.4 Å². The Morgan fingerprint density at radius 1 is 0.306 bits per heavy atom. The second-order valence-electron chi connectivity index (χ2n) is 16.3. The van der Waals surface area contributed by atoms with Gasteiger partial charge in [-0.15, -0.1) is 0 Å². The third kappa shape index (κ3) is 4.92. The van der Waals surface area contributed by atoms with E-state index in [2.05, 4.69) is 162 Å². The van der Waals surface area contributed by atoms with Gasteiger partial charge in [-0.1, -0.05) is 188 Å². The Balaban J connectivity index is 0.999. The van der Waals surface area contributed by atoms with Gasteiger partial charge in [-0.25, -0.2) is 15.0 Å². The van der Waals surface area contributed by atoms with Crippen LogP contribution < -0.4 is 0 Å². The molecule has 62 heavy (non-hydrogen) atoms. The monoisotopic (exact) mass is 788 g/mol. The van der Waals surface area contributed by atoms with Gasteiger partial charge >= 0.3 is 0 Å². The molecule has 0 fully saturated rings. The van der Waals surface area contributed by atoms with Crippen molar-refractivity contribution in [2.24, 2.45) is 0 Å². The van der Waals surface area contributed by atoms with E-state index in [0.717, 1.165) is 33.4 Å². The van der Waals surface area contributed by atoms with Gasteiger partial charge in [0.25, 0.3) is 0 Å². The van der Waals surface area contributed by atoms with Crippen LogP contribution >= 0.6 is 0 Å². The van der Waals surface area contributed by atoms with E-state index in [-0.39, 0.29) is 0 Å². The zero-order valence-electron chi connectivity index (χ0n) is 33.6. The molecule has 0 aliphatic heterocycles. The summed E-state index contributed by atoms with van der Waals surface area (Å²) in [7, 11) is 0. The molecule has 13 rings (SSSR count). The van der Waals surface area contributed by atoms with Crippen molar-refractivity contribution < 1.29 is 0 Å². The minimum absolute atomic E-state index is 0.436. The molecule has 2 aromatic heterocycles. The minimum Gasteiger partial charge on any atom is -0.309 e. The first-order chi connectivity index (χ1) is 30.8. The SMILES string of the molecule is c1ccc(-c2nc(-c3ccccc3)nc(-c3cccc(-n4c5ccccc5c5cc(-c6cccc7c6C6(c8ccccc8-c8ccccc86)c6ccccc6-7)ccc54)c3)n2)cc1. The number of para-hydroxylation sites is 1. The molecule has 4 nitrogen and oxygen atoms in total. The van der Waals surface area contributed by atoms with Gasteiger partial charge in [-0.2, -0.15) is 0 Å². The van der Waals surface area contributed by atoms with Gasteiger partial charge in [0.2, 0.25) is 0 Å². The summed E-state index contributed by atoms with van der Waals surface area (Å²) in [5, 5.41) is 2.41. The average molecular weight is 789 g/mol. The highest BCUT2D eigenvalue weighted by Gasteiger charge is 2.52. The second kappa shape index (κ2) is 13.4. The fraction of sp³-hybridized carbons (Fsp3) is 0.0172. The Hall–Kier alpha value is -8.21. The average Bonchev–Trinajstić information content (AvgIpc) is 3.96. The van der Waals surface area contributed by atoms with Crippen LogP contribution in [0.25, 0.3) is 95.0 Å². The van der Waals surface area contributed by atoms with E-state index < -0.39 is 5.41 Å². The molecule has 0 unspecified atom stereocenters. The summed E-state index contributed by atoms with van der Waals surface area (Å²) < 4.78 is 2.38. The summed E-state index contributed by atoms with van der Waals surface area (Å²) in [6.45, 7) is 0. The number of rotatable bonds is 5. The van der Waals surface area contributed by atoms with Crippen LogP contribution in [0.4, 0.5) is 0 Å². The molecule has 0 bridgehead atoms. The van der Waals surface area contributed by atoms with Crippen LogP contribution in [0.5, 0.6) is 0 Å². The summed E-state index contributed by atoms with van der Waals surface area (Å²) in [6.07, 6.45) is 0. The van der Waals surface area contributed by atoms with Crippen LogP contribution in [0.15, 0.2) is 218 Å². The predicted molar refractivity (Wildman–Crippen MR) is 252 cm³/mol. The van der Waals surface area contributed by atoms with Gasteiger partial charge < -0.3 is 4.57 Å². The number of fused-ring (bicyclic) bond motifs is 13. The molecule has 0 amide bonds. The molecule has 0 saturated carbocycles. The molecule has 0 saturated heterocycles. The van der Waals surface area contributed by atoms with E-state index in [0.29, 0.717) is 17.5 Å². The van der Waals surface area contributed by atoms with Crippen molar-refractivity contribution in [1.82, 2.24) is 19.5 Å². The van der Waals surface area contributed by atoms with Crippen LogP contribution in [0, 0.1) is 0 Å². The first-order valence-corrected chi connectivity index (χ1v) is 21.2. The molecule has 2 aliphatic carbocycles. The molecule has 0 radical (unpaired) electrons. The highest BCUT2D eigenvalue weighted by Crippen LogP contribution is 2.64. The Morgan fingerprint density at radius 2 is 0.774 bits per heavy atom. The van der Waals surface area contributed by atoms with Gasteiger partial charge in [0.15, 0.2) is 17.5 Å². The number of hydrogen-bond acceptors (Lipinski definition) is 3. The molecule has 2 aliphatic rings. The second-order valence-corrected chi connectivity index (χ2v) is 16.3. The van der Waals surface area contributed by atoms with Crippen LogP contribution in [-0.2, 0) is 5.41 Å². The minimum atomic E-state index is -0.436. The van der Waals surface area contributed by atoms with Crippen LogP contribution in [0.1, 0.15) is 22.3 Å². The lowest BCUT2D eigenvalue weighted by molar-refractivity contribution is 0.796. The molecule has 288 valence electrons. The van der Waals surface area contributed by atoms with E-state index in [9.17, 15) is 0 Å². The zero-order chi connectivity index (χ0) is 40.8. The number of hydrogen-bond donors (Lipinski definition) is 0. The molecule has 2 heterocycles. The fourth-order valence-corrected chi connectivity index (χ4v) is 10.5. The standard InChI is InChI=1S/C58H36N4/c1-3-17-37(18-4-1)55-59-56(38-19-5-2-6-20-38)61-57(60-55)40-21-15-22-41(35-40)62-52-32-14-10-26-46(52)48-36-39(33-34-53(48)62)42-27-16-28-47-45-25-9-13-31-51(45)58(54(42)47)49-29-11-7-23-43(49)44-24-8-12-30-50(44)58/h1-36H. The maximum Gasteiger partial charge on any atom is 0.164 e. The maximum absolute atomic E-state index is 5.06. The first-order valence-electron chi connectivity index (χ1n) is 21.2. The van der Waals surface area contributed by atoms with Crippen molar-refractivity contribution >= 4 is 21.8 Å². The third-order valence-corrected chi connectivity index (χ3v) is 13.1. The maximum atomic E-state index is 5.06. The smallest absolute Gasteiger partial charge is 0.164 e. The van der Waals surface area contributed by atoms with Crippen LogP contribution in [0.2, 0.25) is 0 Å². The van der Waals surface area contributed by atoms with E-state index in [4.69, 9.17) is 15.0 Å². The van der Waals surface area contributed by atoms with Crippen molar-refractivity contribution in [2.45, 2.75) is 5.41 Å². The zero-order valence-corrected chi connectivity index (χ0v) is 33.6. The van der Waals surface area contributed by atoms with Crippen molar-refractivity contribution in [3.05, 3.63) is 241 Å². The summed E-state index contributed by atoms with van der Waals surface area (Å²) in [4.78, 5) is 15.1. The third-order valence-electron chi connectivity index (χ3n) is 13.1. The Morgan fingerprint density at radius 3 is 1.42 bits per heavy atom. The molecule has 1 spiro atoms.